The summed E-state index contributed by atoms with van der Waals surface area (Å²) in [6, 6.07) is 0. The van der Waals surface area contributed by atoms with Crippen molar-refractivity contribution in [2.75, 3.05) is 16.4 Å². The molecule has 9 heteroatoms. The van der Waals surface area contributed by atoms with Gasteiger partial charge in [-0.2, -0.15) is 0 Å². The molecule has 0 aromatic carbocycles. The Kier molecular flexibility index (Phi) is 4.39. The van der Waals surface area contributed by atoms with E-state index in [1.807, 2.05) is 0 Å². The lowest BCUT2D eigenvalue weighted by molar-refractivity contribution is 0.602. The second-order valence-electron chi connectivity index (χ2n) is 2.44. The van der Waals surface area contributed by atoms with Gasteiger partial charge in [0, 0.05) is 5.88 Å². The molecule has 84 valence electrons. The van der Waals surface area contributed by atoms with Crippen LogP contribution in [0.1, 0.15) is 0 Å². The van der Waals surface area contributed by atoms with Gasteiger partial charge in [0.25, 0.3) is 0 Å². The molecule has 1 rings (SSSR count). The molecule has 15 heavy (non-hydrogen) atoms. The lowest BCUT2D eigenvalue weighted by Gasteiger charge is -2.08. The number of halogens is 3. The number of nitrogens with zero attached hydrogens (tertiary/aromatic N) is 2. The van der Waals surface area contributed by atoms with Gasteiger partial charge in [0.2, 0.25) is 10.0 Å². The highest BCUT2D eigenvalue weighted by molar-refractivity contribution is 7.92. The topological polar surface area (TPSA) is 72.0 Å². The molecule has 0 radical (unpaired) electrons. The van der Waals surface area contributed by atoms with Crippen LogP contribution in [0, 0.1) is 0 Å². The zero-order valence-corrected chi connectivity index (χ0v) is 10.3. The Morgan fingerprint density at radius 3 is 2.27 bits per heavy atom. The average molecular weight is 291 g/mol. The zero-order chi connectivity index (χ0) is 11.5. The monoisotopic (exact) mass is 289 g/mol. The van der Waals surface area contributed by atoms with Gasteiger partial charge in [-0.3, -0.25) is 4.72 Å². The normalized spacial score (nSPS) is 11.4. The molecule has 1 aromatic rings. The summed E-state index contributed by atoms with van der Waals surface area (Å²) < 4.78 is 24.8. The van der Waals surface area contributed by atoms with Gasteiger partial charge in [0.05, 0.1) is 5.75 Å². The third-order valence-corrected chi connectivity index (χ3v) is 3.60. The zero-order valence-electron chi connectivity index (χ0n) is 7.24. The minimum absolute atomic E-state index is 0.0295. The van der Waals surface area contributed by atoms with E-state index in [0.717, 1.165) is 6.33 Å². The average Bonchev–Trinajstić information content (AvgIpc) is 2.11. The summed E-state index contributed by atoms with van der Waals surface area (Å²) in [6.45, 7) is 0. The number of nitrogens with one attached hydrogen (secondary N) is 1. The summed E-state index contributed by atoms with van der Waals surface area (Å²) in [7, 11) is -3.56. The fourth-order valence-corrected chi connectivity index (χ4v) is 2.68. The Morgan fingerprint density at radius 1 is 1.27 bits per heavy atom. The predicted molar refractivity (Wildman–Crippen MR) is 60.2 cm³/mol. The van der Waals surface area contributed by atoms with E-state index < -0.39 is 10.0 Å². The van der Waals surface area contributed by atoms with Gasteiger partial charge < -0.3 is 0 Å². The van der Waals surface area contributed by atoms with Crippen molar-refractivity contribution in [2.45, 2.75) is 0 Å². The van der Waals surface area contributed by atoms with Crippen LogP contribution in [0.2, 0.25) is 10.3 Å². The summed E-state index contributed by atoms with van der Waals surface area (Å²) in [5.41, 5.74) is -0.0362. The van der Waals surface area contributed by atoms with Crippen molar-refractivity contribution in [1.29, 1.82) is 0 Å². The van der Waals surface area contributed by atoms with Crippen molar-refractivity contribution in [3.63, 3.8) is 0 Å². The van der Waals surface area contributed by atoms with E-state index in [-0.39, 0.29) is 27.6 Å². The molecule has 0 bridgehead atoms. The van der Waals surface area contributed by atoms with Crippen LogP contribution in [0.5, 0.6) is 0 Å². The van der Waals surface area contributed by atoms with E-state index in [4.69, 9.17) is 34.8 Å². The van der Waals surface area contributed by atoms with Crippen molar-refractivity contribution in [3.05, 3.63) is 16.6 Å². The van der Waals surface area contributed by atoms with Crippen molar-refractivity contribution in [2.24, 2.45) is 0 Å². The molecule has 0 saturated heterocycles. The van der Waals surface area contributed by atoms with Crippen molar-refractivity contribution < 1.29 is 8.42 Å². The SMILES string of the molecule is O=S(=O)(CCCl)Nc1c(Cl)ncnc1Cl. The van der Waals surface area contributed by atoms with Gasteiger partial charge in [0.15, 0.2) is 10.3 Å². The number of hydrogen-bond donors (Lipinski definition) is 1. The summed E-state index contributed by atoms with van der Waals surface area (Å²) >= 11 is 16.6. The molecule has 0 aliphatic carbocycles. The van der Waals surface area contributed by atoms with E-state index in [1.54, 1.807) is 0 Å². The van der Waals surface area contributed by atoms with E-state index in [1.165, 1.54) is 0 Å². The molecule has 0 aliphatic rings. The summed E-state index contributed by atoms with van der Waals surface area (Å²) in [5, 5.41) is -0.124. The van der Waals surface area contributed by atoms with Crippen molar-refractivity contribution in [3.8, 4) is 0 Å². The summed E-state index contributed by atoms with van der Waals surface area (Å²) in [4.78, 5) is 7.19. The number of rotatable bonds is 4. The lowest BCUT2D eigenvalue weighted by Crippen LogP contribution is -2.18. The second kappa shape index (κ2) is 5.16. The van der Waals surface area contributed by atoms with Crippen LogP contribution in [0.3, 0.4) is 0 Å². The highest BCUT2D eigenvalue weighted by Gasteiger charge is 2.15. The standard InChI is InChI=1S/C6H6Cl3N3O2S/c7-1-2-15(13,14)12-4-5(8)10-3-11-6(4)9/h3,12H,1-2H2. The molecular weight excluding hydrogens is 285 g/mol. The van der Waals surface area contributed by atoms with Gasteiger partial charge in [0.1, 0.15) is 12.0 Å². The van der Waals surface area contributed by atoms with Gasteiger partial charge in [-0.1, -0.05) is 23.2 Å². The molecule has 1 N–H and O–H groups in total. The maximum Gasteiger partial charge on any atom is 0.234 e. The molecule has 5 nitrogen and oxygen atoms in total. The maximum atomic E-state index is 11.3. The molecule has 0 spiro atoms. The molecule has 1 heterocycles. The van der Waals surface area contributed by atoms with Crippen LogP contribution in [0.15, 0.2) is 6.33 Å². The summed E-state index contributed by atoms with van der Waals surface area (Å²) in [6.07, 6.45) is 1.13. The summed E-state index contributed by atoms with van der Waals surface area (Å²) in [5.74, 6) is -0.269. The maximum absolute atomic E-state index is 11.3. The minimum atomic E-state index is -3.56. The van der Waals surface area contributed by atoms with Crippen LogP contribution in [-0.2, 0) is 10.0 Å². The van der Waals surface area contributed by atoms with Gasteiger partial charge >= 0.3 is 0 Å². The van der Waals surface area contributed by atoms with Crippen molar-refractivity contribution in [1.82, 2.24) is 9.97 Å². The Hall–Kier alpha value is -0.300. The molecular formula is C6H6Cl3N3O2S. The fraction of sp³-hybridized carbons (Fsp3) is 0.333. The van der Waals surface area contributed by atoms with Gasteiger partial charge in [-0.15, -0.1) is 11.6 Å². The van der Waals surface area contributed by atoms with E-state index in [9.17, 15) is 8.42 Å². The van der Waals surface area contributed by atoms with E-state index >= 15 is 0 Å². The number of anilines is 1. The van der Waals surface area contributed by atoms with Gasteiger partial charge in [-0.25, -0.2) is 18.4 Å². The number of alkyl halides is 1. The first-order chi connectivity index (χ1) is 6.96. The Balaban J connectivity index is 2.99. The Morgan fingerprint density at radius 2 is 1.80 bits per heavy atom. The molecule has 0 fully saturated rings. The highest BCUT2D eigenvalue weighted by atomic mass is 35.5. The molecule has 1 aromatic heterocycles. The minimum Gasteiger partial charge on any atom is -0.278 e. The second-order valence-corrected chi connectivity index (χ2v) is 5.38. The Bertz CT molecular complexity index is 431. The molecule has 0 atom stereocenters. The van der Waals surface area contributed by atoms with Crippen LogP contribution >= 0.6 is 34.8 Å². The number of aromatic nitrogens is 2. The van der Waals surface area contributed by atoms with Crippen LogP contribution in [0.25, 0.3) is 0 Å². The first-order valence-corrected chi connectivity index (χ1v) is 6.63. The van der Waals surface area contributed by atoms with Crippen molar-refractivity contribution >= 4 is 50.5 Å². The smallest absolute Gasteiger partial charge is 0.234 e. The first-order valence-electron chi connectivity index (χ1n) is 3.68. The molecule has 0 unspecified atom stereocenters. The number of hydrogen-bond acceptors (Lipinski definition) is 4. The van der Waals surface area contributed by atoms with Crippen LogP contribution in [-0.4, -0.2) is 30.0 Å². The van der Waals surface area contributed by atoms with E-state index in [0.29, 0.717) is 0 Å². The number of sulfonamides is 1. The largest absolute Gasteiger partial charge is 0.278 e. The fourth-order valence-electron chi connectivity index (χ4n) is 0.737. The molecule has 0 amide bonds. The molecule has 0 aliphatic heterocycles. The van der Waals surface area contributed by atoms with E-state index in [2.05, 4.69) is 14.7 Å². The third-order valence-electron chi connectivity index (χ3n) is 1.36. The lowest BCUT2D eigenvalue weighted by atomic mass is 10.6. The van der Waals surface area contributed by atoms with Crippen LogP contribution in [0.4, 0.5) is 5.69 Å². The molecule has 0 saturated carbocycles. The van der Waals surface area contributed by atoms with Crippen LogP contribution < -0.4 is 4.72 Å². The highest BCUT2D eigenvalue weighted by Crippen LogP contribution is 2.26. The third kappa shape index (κ3) is 3.64. The quantitative estimate of drug-likeness (QED) is 0.677. The predicted octanol–water partition coefficient (Wildman–Crippen LogP) is 1.76. The van der Waals surface area contributed by atoms with Gasteiger partial charge in [-0.05, 0) is 0 Å². The Labute approximate surface area is 102 Å². The first kappa shape index (κ1) is 12.8.